The standard InChI is InChI=1S/C27H33N5O/c1-19(2)24-21(4)28-25(22-11-6-5-7-12-22)30-26(24)31-14-9-15-32(17-16-31)27(33)29-23-13-8-10-20(3)18-23/h5-8,10-13,18-19H,9,14-17H2,1-4H3,(H,29,33). The van der Waals surface area contributed by atoms with Crippen molar-refractivity contribution in [2.75, 3.05) is 36.4 Å². The number of hydrogen-bond donors (Lipinski definition) is 1. The fourth-order valence-corrected chi connectivity index (χ4v) is 4.46. The first-order chi connectivity index (χ1) is 15.9. The average Bonchev–Trinajstić information content (AvgIpc) is 3.05. The third-order valence-corrected chi connectivity index (χ3v) is 6.08. The number of hydrogen-bond acceptors (Lipinski definition) is 4. The second-order valence-corrected chi connectivity index (χ2v) is 9.02. The molecule has 0 atom stereocenters. The summed E-state index contributed by atoms with van der Waals surface area (Å²) < 4.78 is 0. The van der Waals surface area contributed by atoms with Crippen molar-refractivity contribution in [1.82, 2.24) is 14.9 Å². The summed E-state index contributed by atoms with van der Waals surface area (Å²) >= 11 is 0. The monoisotopic (exact) mass is 443 g/mol. The fourth-order valence-electron chi connectivity index (χ4n) is 4.46. The van der Waals surface area contributed by atoms with Gasteiger partial charge in [0.1, 0.15) is 5.82 Å². The number of aromatic nitrogens is 2. The highest BCUT2D eigenvalue weighted by Crippen LogP contribution is 2.31. The van der Waals surface area contributed by atoms with E-state index in [9.17, 15) is 4.79 Å². The molecule has 172 valence electrons. The second-order valence-electron chi connectivity index (χ2n) is 9.02. The van der Waals surface area contributed by atoms with Crippen LogP contribution in [-0.4, -0.2) is 47.1 Å². The molecule has 2 heterocycles. The van der Waals surface area contributed by atoms with E-state index in [0.29, 0.717) is 12.5 Å². The molecule has 0 unspecified atom stereocenters. The van der Waals surface area contributed by atoms with E-state index in [1.165, 1.54) is 5.56 Å². The minimum absolute atomic E-state index is 0.0459. The van der Waals surface area contributed by atoms with Crippen LogP contribution in [0.15, 0.2) is 54.6 Å². The molecule has 2 amide bonds. The Balaban J connectivity index is 1.55. The maximum Gasteiger partial charge on any atom is 0.321 e. The molecule has 4 rings (SSSR count). The van der Waals surface area contributed by atoms with Crippen LogP contribution < -0.4 is 10.2 Å². The van der Waals surface area contributed by atoms with Gasteiger partial charge in [0.25, 0.3) is 0 Å². The summed E-state index contributed by atoms with van der Waals surface area (Å²) in [6.45, 7) is 11.5. The largest absolute Gasteiger partial charge is 0.354 e. The molecule has 1 fully saturated rings. The first-order valence-corrected chi connectivity index (χ1v) is 11.7. The molecule has 1 aliphatic rings. The summed E-state index contributed by atoms with van der Waals surface area (Å²) in [5.41, 5.74) is 5.19. The SMILES string of the molecule is Cc1cccc(NC(=O)N2CCCN(c3nc(-c4ccccc4)nc(C)c3C(C)C)CC2)c1. The summed E-state index contributed by atoms with van der Waals surface area (Å²) in [6, 6.07) is 18.0. The van der Waals surface area contributed by atoms with Gasteiger partial charge in [0.05, 0.1) is 0 Å². The Morgan fingerprint density at radius 1 is 0.939 bits per heavy atom. The predicted molar refractivity (Wildman–Crippen MR) is 135 cm³/mol. The van der Waals surface area contributed by atoms with Crippen LogP contribution in [0.25, 0.3) is 11.4 Å². The summed E-state index contributed by atoms with van der Waals surface area (Å²) in [5.74, 6) is 2.07. The van der Waals surface area contributed by atoms with Gasteiger partial charge in [0.15, 0.2) is 5.82 Å². The van der Waals surface area contributed by atoms with E-state index in [-0.39, 0.29) is 6.03 Å². The van der Waals surface area contributed by atoms with Gasteiger partial charge >= 0.3 is 6.03 Å². The maximum absolute atomic E-state index is 12.9. The van der Waals surface area contributed by atoms with Crippen LogP contribution in [0.3, 0.4) is 0 Å². The molecule has 0 radical (unpaired) electrons. The number of amides is 2. The Labute approximate surface area is 196 Å². The fraction of sp³-hybridized carbons (Fsp3) is 0.370. The molecular weight excluding hydrogens is 410 g/mol. The zero-order valence-electron chi connectivity index (χ0n) is 20.0. The highest BCUT2D eigenvalue weighted by Gasteiger charge is 2.24. The topological polar surface area (TPSA) is 61.4 Å². The van der Waals surface area contributed by atoms with E-state index in [4.69, 9.17) is 9.97 Å². The van der Waals surface area contributed by atoms with Crippen LogP contribution in [0.2, 0.25) is 0 Å². The summed E-state index contributed by atoms with van der Waals surface area (Å²) in [6.07, 6.45) is 0.891. The van der Waals surface area contributed by atoms with Crippen molar-refractivity contribution in [2.45, 2.75) is 40.0 Å². The lowest BCUT2D eigenvalue weighted by Gasteiger charge is -2.27. The Hall–Kier alpha value is -3.41. The number of carbonyl (C=O) groups excluding carboxylic acids is 1. The van der Waals surface area contributed by atoms with Gasteiger partial charge < -0.3 is 15.1 Å². The number of nitrogens with one attached hydrogen (secondary N) is 1. The number of carbonyl (C=O) groups is 1. The van der Waals surface area contributed by atoms with Crippen LogP contribution in [0, 0.1) is 13.8 Å². The third kappa shape index (κ3) is 5.33. The number of urea groups is 1. The zero-order valence-corrected chi connectivity index (χ0v) is 20.0. The molecule has 0 aliphatic carbocycles. The van der Waals surface area contributed by atoms with Crippen molar-refractivity contribution in [3.8, 4) is 11.4 Å². The van der Waals surface area contributed by atoms with Gasteiger partial charge in [-0.3, -0.25) is 0 Å². The first kappa shape index (κ1) is 22.8. The average molecular weight is 444 g/mol. The van der Waals surface area contributed by atoms with Gasteiger partial charge in [0.2, 0.25) is 0 Å². The Bertz CT molecular complexity index is 1110. The number of rotatable bonds is 4. The van der Waals surface area contributed by atoms with Gasteiger partial charge in [0, 0.05) is 48.7 Å². The maximum atomic E-state index is 12.9. The van der Waals surface area contributed by atoms with E-state index in [0.717, 1.165) is 60.2 Å². The van der Waals surface area contributed by atoms with E-state index in [2.05, 4.69) is 31.0 Å². The lowest BCUT2D eigenvalue weighted by Crippen LogP contribution is -2.38. The van der Waals surface area contributed by atoms with Gasteiger partial charge in [-0.2, -0.15) is 0 Å². The lowest BCUT2D eigenvalue weighted by atomic mass is 10.0. The normalized spacial score (nSPS) is 14.3. The smallest absolute Gasteiger partial charge is 0.321 e. The van der Waals surface area contributed by atoms with Gasteiger partial charge in [-0.15, -0.1) is 0 Å². The van der Waals surface area contributed by atoms with E-state index in [1.54, 1.807) is 0 Å². The Kier molecular flexibility index (Phi) is 6.92. The Morgan fingerprint density at radius 2 is 1.73 bits per heavy atom. The van der Waals surface area contributed by atoms with Crippen molar-refractivity contribution >= 4 is 17.5 Å². The van der Waals surface area contributed by atoms with Crippen molar-refractivity contribution in [3.63, 3.8) is 0 Å². The van der Waals surface area contributed by atoms with Crippen LogP contribution in [0.5, 0.6) is 0 Å². The van der Waals surface area contributed by atoms with Gasteiger partial charge in [-0.05, 0) is 43.9 Å². The number of aryl methyl sites for hydroxylation is 2. The quantitative estimate of drug-likeness (QED) is 0.568. The van der Waals surface area contributed by atoms with E-state index >= 15 is 0 Å². The van der Waals surface area contributed by atoms with Gasteiger partial charge in [-0.25, -0.2) is 14.8 Å². The summed E-state index contributed by atoms with van der Waals surface area (Å²) in [7, 11) is 0. The summed E-state index contributed by atoms with van der Waals surface area (Å²) in [5, 5.41) is 3.05. The predicted octanol–water partition coefficient (Wildman–Crippen LogP) is 5.63. The number of anilines is 2. The Morgan fingerprint density at radius 3 is 2.45 bits per heavy atom. The zero-order chi connectivity index (χ0) is 23.4. The molecule has 0 bridgehead atoms. The molecule has 1 N–H and O–H groups in total. The lowest BCUT2D eigenvalue weighted by molar-refractivity contribution is 0.215. The van der Waals surface area contributed by atoms with Crippen molar-refractivity contribution in [3.05, 3.63) is 71.4 Å². The minimum atomic E-state index is -0.0459. The summed E-state index contributed by atoms with van der Waals surface area (Å²) in [4.78, 5) is 27.0. The first-order valence-electron chi connectivity index (χ1n) is 11.7. The molecule has 33 heavy (non-hydrogen) atoms. The molecule has 6 heteroatoms. The highest BCUT2D eigenvalue weighted by molar-refractivity contribution is 5.89. The van der Waals surface area contributed by atoms with E-state index in [1.807, 2.05) is 66.4 Å². The molecule has 1 aliphatic heterocycles. The van der Waals surface area contributed by atoms with Crippen molar-refractivity contribution in [1.29, 1.82) is 0 Å². The van der Waals surface area contributed by atoms with Crippen LogP contribution in [0.1, 0.15) is 43.0 Å². The number of benzene rings is 2. The van der Waals surface area contributed by atoms with Crippen LogP contribution >= 0.6 is 0 Å². The molecule has 6 nitrogen and oxygen atoms in total. The highest BCUT2D eigenvalue weighted by atomic mass is 16.2. The van der Waals surface area contributed by atoms with Crippen molar-refractivity contribution < 1.29 is 4.79 Å². The van der Waals surface area contributed by atoms with E-state index < -0.39 is 0 Å². The van der Waals surface area contributed by atoms with Gasteiger partial charge in [-0.1, -0.05) is 56.3 Å². The minimum Gasteiger partial charge on any atom is -0.354 e. The molecule has 1 aromatic heterocycles. The molecule has 0 spiro atoms. The van der Waals surface area contributed by atoms with Crippen LogP contribution in [0.4, 0.5) is 16.3 Å². The van der Waals surface area contributed by atoms with Crippen molar-refractivity contribution in [2.24, 2.45) is 0 Å². The molecule has 2 aromatic carbocycles. The van der Waals surface area contributed by atoms with Crippen LogP contribution in [-0.2, 0) is 0 Å². The number of nitrogens with zero attached hydrogens (tertiary/aromatic N) is 4. The second kappa shape index (κ2) is 10.0. The molecular formula is C27H33N5O. The molecule has 1 saturated heterocycles. The molecule has 3 aromatic rings. The molecule has 0 saturated carbocycles. The third-order valence-electron chi connectivity index (χ3n) is 6.08.